The van der Waals surface area contributed by atoms with Crippen LogP contribution in [0.5, 0.6) is 0 Å². The Morgan fingerprint density at radius 2 is 2.00 bits per heavy atom. The van der Waals surface area contributed by atoms with E-state index in [4.69, 9.17) is 0 Å². The molecule has 0 aliphatic carbocycles. The second-order valence-electron chi connectivity index (χ2n) is 5.18. The monoisotopic (exact) mass is 289 g/mol. The molecule has 112 valence electrons. The third-order valence-corrected chi connectivity index (χ3v) is 3.48. The van der Waals surface area contributed by atoms with Crippen molar-refractivity contribution in [3.8, 4) is 5.69 Å². The summed E-state index contributed by atoms with van der Waals surface area (Å²) in [5, 5.41) is 7.66. The predicted molar refractivity (Wildman–Crippen MR) is 81.1 cm³/mol. The van der Waals surface area contributed by atoms with E-state index in [9.17, 15) is 9.18 Å². The summed E-state index contributed by atoms with van der Waals surface area (Å²) in [4.78, 5) is 12.0. The van der Waals surface area contributed by atoms with E-state index in [1.807, 2.05) is 6.92 Å². The minimum atomic E-state index is -0.295. The van der Waals surface area contributed by atoms with Crippen LogP contribution in [0, 0.1) is 12.7 Å². The van der Waals surface area contributed by atoms with E-state index in [-0.39, 0.29) is 11.2 Å². The topological polar surface area (TPSA) is 46.9 Å². The molecule has 1 N–H and O–H groups in total. The summed E-state index contributed by atoms with van der Waals surface area (Å²) in [6, 6.07) is 7.94. The van der Waals surface area contributed by atoms with Crippen molar-refractivity contribution in [3.05, 3.63) is 57.8 Å². The van der Waals surface area contributed by atoms with Crippen molar-refractivity contribution in [2.45, 2.75) is 39.8 Å². The standard InChI is InChI=1S/C16H20FN3O/c1-4-11(2)18-10-15-16(21)9-12(3)20(19-15)14-7-5-13(17)6-8-14/h5-9,11,18H,4,10H2,1-3H3. The zero-order valence-corrected chi connectivity index (χ0v) is 12.6. The Morgan fingerprint density at radius 1 is 1.33 bits per heavy atom. The normalized spacial score (nSPS) is 12.4. The van der Waals surface area contributed by atoms with Gasteiger partial charge in [0.05, 0.1) is 5.69 Å². The average Bonchev–Trinajstić information content (AvgIpc) is 2.47. The Kier molecular flexibility index (Phi) is 4.85. The molecule has 0 aliphatic heterocycles. The van der Waals surface area contributed by atoms with Crippen molar-refractivity contribution in [2.24, 2.45) is 0 Å². The van der Waals surface area contributed by atoms with Crippen LogP contribution in [0.3, 0.4) is 0 Å². The molecule has 0 fully saturated rings. The molecule has 0 radical (unpaired) electrons. The molecule has 0 spiro atoms. The Bertz CT molecular complexity index is 664. The average molecular weight is 289 g/mol. The first kappa shape index (κ1) is 15.4. The van der Waals surface area contributed by atoms with Gasteiger partial charge in [-0.2, -0.15) is 5.10 Å². The van der Waals surface area contributed by atoms with Crippen LogP contribution in [-0.4, -0.2) is 15.8 Å². The van der Waals surface area contributed by atoms with Gasteiger partial charge in [-0.05, 0) is 44.5 Å². The van der Waals surface area contributed by atoms with Gasteiger partial charge in [0.1, 0.15) is 11.5 Å². The number of hydrogen-bond acceptors (Lipinski definition) is 3. The maximum Gasteiger partial charge on any atom is 0.204 e. The Labute approximate surface area is 123 Å². The fraction of sp³-hybridized carbons (Fsp3) is 0.375. The molecule has 1 aromatic heterocycles. The first-order valence-corrected chi connectivity index (χ1v) is 7.10. The molecule has 0 saturated heterocycles. The number of hydrogen-bond donors (Lipinski definition) is 1. The van der Waals surface area contributed by atoms with Crippen molar-refractivity contribution in [1.29, 1.82) is 0 Å². The molecule has 4 nitrogen and oxygen atoms in total. The molecule has 5 heteroatoms. The SMILES string of the molecule is CCC(C)NCc1nn(-c2ccc(F)cc2)c(C)cc1=O. The van der Waals surface area contributed by atoms with Crippen LogP contribution in [0.4, 0.5) is 4.39 Å². The van der Waals surface area contributed by atoms with Gasteiger partial charge in [0, 0.05) is 24.3 Å². The van der Waals surface area contributed by atoms with Crippen LogP contribution in [0.15, 0.2) is 35.1 Å². The molecule has 0 aliphatic rings. The summed E-state index contributed by atoms with van der Waals surface area (Å²) in [5.74, 6) is -0.295. The largest absolute Gasteiger partial charge is 0.308 e. The molecular formula is C16H20FN3O. The van der Waals surface area contributed by atoms with Gasteiger partial charge < -0.3 is 5.32 Å². The lowest BCUT2D eigenvalue weighted by Crippen LogP contribution is -2.29. The zero-order valence-electron chi connectivity index (χ0n) is 12.6. The highest BCUT2D eigenvalue weighted by molar-refractivity contribution is 5.32. The quantitative estimate of drug-likeness (QED) is 0.920. The van der Waals surface area contributed by atoms with E-state index in [0.717, 1.165) is 17.8 Å². The number of halogens is 1. The van der Waals surface area contributed by atoms with Gasteiger partial charge in [0.25, 0.3) is 0 Å². The van der Waals surface area contributed by atoms with Gasteiger partial charge in [-0.25, -0.2) is 9.07 Å². The molecule has 21 heavy (non-hydrogen) atoms. The van der Waals surface area contributed by atoms with Crippen LogP contribution in [0.2, 0.25) is 0 Å². The summed E-state index contributed by atoms with van der Waals surface area (Å²) in [6.45, 7) is 6.38. The highest BCUT2D eigenvalue weighted by Gasteiger charge is 2.08. The first-order chi connectivity index (χ1) is 10.0. The number of aryl methyl sites for hydroxylation is 1. The van der Waals surface area contributed by atoms with Crippen LogP contribution in [0.1, 0.15) is 31.7 Å². The van der Waals surface area contributed by atoms with Crippen LogP contribution in [-0.2, 0) is 6.54 Å². The number of nitrogens with zero attached hydrogens (tertiary/aromatic N) is 2. The predicted octanol–water partition coefficient (Wildman–Crippen LogP) is 2.57. The Hall–Kier alpha value is -2.01. The lowest BCUT2D eigenvalue weighted by atomic mass is 10.2. The molecule has 1 unspecified atom stereocenters. The summed E-state index contributed by atoms with van der Waals surface area (Å²) in [5.41, 5.74) is 1.84. The second kappa shape index (κ2) is 6.63. The number of rotatable bonds is 5. The van der Waals surface area contributed by atoms with E-state index in [1.54, 1.807) is 22.9 Å². The lowest BCUT2D eigenvalue weighted by Gasteiger charge is -2.13. The van der Waals surface area contributed by atoms with Gasteiger partial charge >= 0.3 is 0 Å². The molecule has 0 saturated carbocycles. The summed E-state index contributed by atoms with van der Waals surface area (Å²) < 4.78 is 14.7. The van der Waals surface area contributed by atoms with E-state index >= 15 is 0 Å². The lowest BCUT2D eigenvalue weighted by molar-refractivity contribution is 0.521. The van der Waals surface area contributed by atoms with Gasteiger partial charge in [-0.1, -0.05) is 6.92 Å². The molecule has 2 aromatic rings. The molecular weight excluding hydrogens is 269 g/mol. The maximum atomic E-state index is 13.0. The van der Waals surface area contributed by atoms with E-state index in [1.165, 1.54) is 12.1 Å². The van der Waals surface area contributed by atoms with Gasteiger partial charge in [0.15, 0.2) is 0 Å². The third-order valence-electron chi connectivity index (χ3n) is 3.48. The second-order valence-corrected chi connectivity index (χ2v) is 5.18. The van der Waals surface area contributed by atoms with Gasteiger partial charge in [-0.15, -0.1) is 0 Å². The Morgan fingerprint density at radius 3 is 2.62 bits per heavy atom. The summed E-state index contributed by atoms with van der Waals surface area (Å²) in [6.07, 6.45) is 0.984. The van der Waals surface area contributed by atoms with Crippen molar-refractivity contribution in [3.63, 3.8) is 0 Å². The number of benzene rings is 1. The summed E-state index contributed by atoms with van der Waals surface area (Å²) in [7, 11) is 0. The van der Waals surface area contributed by atoms with Gasteiger partial charge in [0.2, 0.25) is 5.43 Å². The minimum Gasteiger partial charge on any atom is -0.308 e. The molecule has 1 atom stereocenters. The third kappa shape index (κ3) is 3.76. The molecule has 1 aromatic carbocycles. The van der Waals surface area contributed by atoms with Crippen LogP contribution < -0.4 is 10.7 Å². The van der Waals surface area contributed by atoms with Crippen molar-refractivity contribution >= 4 is 0 Å². The molecule has 2 rings (SSSR count). The van der Waals surface area contributed by atoms with Crippen LogP contribution in [0.25, 0.3) is 5.69 Å². The highest BCUT2D eigenvalue weighted by atomic mass is 19.1. The number of aromatic nitrogens is 2. The Balaban J connectivity index is 2.34. The van der Waals surface area contributed by atoms with Crippen LogP contribution >= 0.6 is 0 Å². The van der Waals surface area contributed by atoms with Gasteiger partial charge in [-0.3, -0.25) is 4.79 Å². The number of nitrogens with one attached hydrogen (secondary N) is 1. The van der Waals surface area contributed by atoms with E-state index < -0.39 is 0 Å². The van der Waals surface area contributed by atoms with Crippen molar-refractivity contribution < 1.29 is 4.39 Å². The summed E-state index contributed by atoms with van der Waals surface area (Å²) >= 11 is 0. The molecule has 0 amide bonds. The minimum absolute atomic E-state index is 0.0818. The molecule has 1 heterocycles. The van der Waals surface area contributed by atoms with Crippen molar-refractivity contribution in [2.75, 3.05) is 0 Å². The highest BCUT2D eigenvalue weighted by Crippen LogP contribution is 2.09. The fourth-order valence-corrected chi connectivity index (χ4v) is 1.96. The first-order valence-electron chi connectivity index (χ1n) is 7.10. The smallest absolute Gasteiger partial charge is 0.204 e. The maximum absolute atomic E-state index is 13.0. The fourth-order valence-electron chi connectivity index (χ4n) is 1.96. The van der Waals surface area contributed by atoms with Crippen molar-refractivity contribution in [1.82, 2.24) is 15.1 Å². The van der Waals surface area contributed by atoms with E-state index in [2.05, 4.69) is 24.3 Å². The van der Waals surface area contributed by atoms with E-state index in [0.29, 0.717) is 18.3 Å². The molecule has 0 bridgehead atoms. The zero-order chi connectivity index (χ0) is 15.4.